The Hall–Kier alpha value is -0.650. The van der Waals surface area contributed by atoms with Crippen LogP contribution in [0.2, 0.25) is 0 Å². The van der Waals surface area contributed by atoms with Crippen LogP contribution in [-0.2, 0) is 9.53 Å². The molecule has 2 fully saturated rings. The van der Waals surface area contributed by atoms with Crippen LogP contribution in [0.3, 0.4) is 0 Å². The first-order chi connectivity index (χ1) is 8.70. The van der Waals surface area contributed by atoms with Gasteiger partial charge in [0, 0.05) is 38.3 Å². The number of morpholine rings is 1. The van der Waals surface area contributed by atoms with E-state index in [0.29, 0.717) is 6.04 Å². The van der Waals surface area contributed by atoms with E-state index in [2.05, 4.69) is 16.7 Å². The van der Waals surface area contributed by atoms with Crippen LogP contribution in [0.4, 0.5) is 0 Å². The normalized spacial score (nSPS) is 28.4. The van der Waals surface area contributed by atoms with Crippen LogP contribution >= 0.6 is 0 Å². The van der Waals surface area contributed by atoms with Gasteiger partial charge in [0.05, 0.1) is 19.6 Å². The smallest absolute Gasteiger partial charge is 0.304 e. The van der Waals surface area contributed by atoms with E-state index in [4.69, 9.17) is 9.84 Å². The maximum Gasteiger partial charge on any atom is 0.304 e. The third-order valence-corrected chi connectivity index (χ3v) is 4.15. The number of hydrogen-bond acceptors (Lipinski definition) is 4. The van der Waals surface area contributed by atoms with E-state index < -0.39 is 5.97 Å². The standard InChI is InChI=1S/C13H24N2O3/c1-2-11(9-13(16)17)15-4-3-12(10-15)14-5-7-18-8-6-14/h11-12H,2-10H2,1H3,(H,16,17). The lowest BCUT2D eigenvalue weighted by molar-refractivity contribution is -0.138. The number of carboxylic acid groups (broad SMARTS) is 1. The van der Waals surface area contributed by atoms with Crippen molar-refractivity contribution in [3.8, 4) is 0 Å². The van der Waals surface area contributed by atoms with Gasteiger partial charge < -0.3 is 9.84 Å². The second-order valence-corrected chi connectivity index (χ2v) is 5.25. The molecule has 0 aromatic heterocycles. The number of aliphatic carboxylic acids is 1. The van der Waals surface area contributed by atoms with Gasteiger partial charge in [-0.15, -0.1) is 0 Å². The average Bonchev–Trinajstić information content (AvgIpc) is 2.86. The molecule has 2 aliphatic heterocycles. The molecule has 104 valence electrons. The Balaban J connectivity index is 1.84. The summed E-state index contributed by atoms with van der Waals surface area (Å²) < 4.78 is 5.37. The summed E-state index contributed by atoms with van der Waals surface area (Å²) in [6.07, 6.45) is 2.35. The predicted octanol–water partition coefficient (Wildman–Crippen LogP) is 0.646. The second-order valence-electron chi connectivity index (χ2n) is 5.25. The van der Waals surface area contributed by atoms with Crippen LogP contribution in [0, 0.1) is 0 Å². The molecule has 0 saturated carbocycles. The quantitative estimate of drug-likeness (QED) is 0.782. The monoisotopic (exact) mass is 256 g/mol. The third kappa shape index (κ3) is 3.43. The molecule has 5 heteroatoms. The van der Waals surface area contributed by atoms with Crippen molar-refractivity contribution in [2.24, 2.45) is 0 Å². The largest absolute Gasteiger partial charge is 0.481 e. The zero-order chi connectivity index (χ0) is 13.0. The summed E-state index contributed by atoms with van der Waals surface area (Å²) in [6, 6.07) is 0.797. The lowest BCUT2D eigenvalue weighted by atomic mass is 10.1. The lowest BCUT2D eigenvalue weighted by Gasteiger charge is -2.33. The molecular formula is C13H24N2O3. The molecule has 2 atom stereocenters. The van der Waals surface area contributed by atoms with Gasteiger partial charge in [-0.3, -0.25) is 14.6 Å². The highest BCUT2D eigenvalue weighted by atomic mass is 16.5. The molecule has 0 radical (unpaired) electrons. The molecule has 2 rings (SSSR count). The van der Waals surface area contributed by atoms with Crippen LogP contribution < -0.4 is 0 Å². The highest BCUT2D eigenvalue weighted by molar-refractivity contribution is 5.67. The molecule has 2 unspecified atom stereocenters. The molecule has 0 spiro atoms. The van der Waals surface area contributed by atoms with Crippen molar-refractivity contribution >= 4 is 5.97 Å². The summed E-state index contributed by atoms with van der Waals surface area (Å²) >= 11 is 0. The fraction of sp³-hybridized carbons (Fsp3) is 0.923. The maximum atomic E-state index is 10.9. The van der Waals surface area contributed by atoms with Crippen LogP contribution in [0.15, 0.2) is 0 Å². The highest BCUT2D eigenvalue weighted by Gasteiger charge is 2.32. The Labute approximate surface area is 109 Å². The van der Waals surface area contributed by atoms with Gasteiger partial charge >= 0.3 is 5.97 Å². The molecule has 0 aromatic carbocycles. The molecule has 0 aromatic rings. The first kappa shape index (κ1) is 13.8. The van der Waals surface area contributed by atoms with E-state index in [9.17, 15) is 4.79 Å². The zero-order valence-electron chi connectivity index (χ0n) is 11.2. The van der Waals surface area contributed by atoms with Gasteiger partial charge in [0.15, 0.2) is 0 Å². The Kier molecular flexibility index (Phi) is 4.97. The number of carboxylic acids is 1. The fourth-order valence-electron chi connectivity index (χ4n) is 3.07. The molecule has 5 nitrogen and oxygen atoms in total. The van der Waals surface area contributed by atoms with Crippen LogP contribution in [0.5, 0.6) is 0 Å². The minimum Gasteiger partial charge on any atom is -0.481 e. The molecule has 0 aliphatic carbocycles. The van der Waals surface area contributed by atoms with E-state index in [1.54, 1.807) is 0 Å². The van der Waals surface area contributed by atoms with Crippen molar-refractivity contribution in [2.75, 3.05) is 39.4 Å². The molecule has 2 saturated heterocycles. The number of ether oxygens (including phenoxy) is 1. The topological polar surface area (TPSA) is 53.0 Å². The summed E-state index contributed by atoms with van der Waals surface area (Å²) in [6.45, 7) is 7.85. The summed E-state index contributed by atoms with van der Waals surface area (Å²) in [4.78, 5) is 15.7. The van der Waals surface area contributed by atoms with E-state index in [1.165, 1.54) is 0 Å². The van der Waals surface area contributed by atoms with E-state index in [-0.39, 0.29) is 12.5 Å². The lowest BCUT2D eigenvalue weighted by Crippen LogP contribution is -2.45. The van der Waals surface area contributed by atoms with Crippen molar-refractivity contribution in [2.45, 2.75) is 38.3 Å². The highest BCUT2D eigenvalue weighted by Crippen LogP contribution is 2.21. The molecule has 1 N–H and O–H groups in total. The minimum atomic E-state index is -0.684. The Morgan fingerprint density at radius 3 is 2.72 bits per heavy atom. The van der Waals surface area contributed by atoms with E-state index >= 15 is 0 Å². The summed E-state index contributed by atoms with van der Waals surface area (Å²) in [5, 5.41) is 8.94. The van der Waals surface area contributed by atoms with Crippen molar-refractivity contribution < 1.29 is 14.6 Å². The van der Waals surface area contributed by atoms with E-state index in [1.807, 2.05) is 0 Å². The summed E-state index contributed by atoms with van der Waals surface area (Å²) in [7, 11) is 0. The van der Waals surface area contributed by atoms with Crippen molar-refractivity contribution in [1.29, 1.82) is 0 Å². The van der Waals surface area contributed by atoms with Crippen molar-refractivity contribution in [1.82, 2.24) is 9.80 Å². The third-order valence-electron chi connectivity index (χ3n) is 4.15. The van der Waals surface area contributed by atoms with E-state index in [0.717, 1.165) is 52.2 Å². The van der Waals surface area contributed by atoms with Crippen molar-refractivity contribution in [3.63, 3.8) is 0 Å². The molecular weight excluding hydrogens is 232 g/mol. The number of carbonyl (C=O) groups is 1. The number of nitrogens with zero attached hydrogens (tertiary/aromatic N) is 2. The van der Waals surface area contributed by atoms with Gasteiger partial charge in [-0.05, 0) is 12.8 Å². The van der Waals surface area contributed by atoms with Gasteiger partial charge in [-0.2, -0.15) is 0 Å². The maximum absolute atomic E-state index is 10.9. The summed E-state index contributed by atoms with van der Waals surface area (Å²) in [5.41, 5.74) is 0. The molecule has 2 heterocycles. The first-order valence-electron chi connectivity index (χ1n) is 6.98. The van der Waals surface area contributed by atoms with Crippen molar-refractivity contribution in [3.05, 3.63) is 0 Å². The molecule has 0 bridgehead atoms. The number of rotatable bonds is 5. The Morgan fingerprint density at radius 2 is 2.11 bits per heavy atom. The Bertz CT molecular complexity index is 279. The molecule has 18 heavy (non-hydrogen) atoms. The Morgan fingerprint density at radius 1 is 1.39 bits per heavy atom. The first-order valence-corrected chi connectivity index (χ1v) is 6.98. The summed E-state index contributed by atoms with van der Waals surface area (Å²) in [5.74, 6) is -0.684. The van der Waals surface area contributed by atoms with Crippen LogP contribution in [-0.4, -0.2) is 72.4 Å². The van der Waals surface area contributed by atoms with Crippen LogP contribution in [0.1, 0.15) is 26.2 Å². The molecule has 0 amide bonds. The zero-order valence-corrected chi connectivity index (χ0v) is 11.2. The minimum absolute atomic E-state index is 0.202. The van der Waals surface area contributed by atoms with Gasteiger partial charge in [-0.1, -0.05) is 6.92 Å². The van der Waals surface area contributed by atoms with Gasteiger partial charge in [0.25, 0.3) is 0 Å². The van der Waals surface area contributed by atoms with Gasteiger partial charge in [0.2, 0.25) is 0 Å². The predicted molar refractivity (Wildman–Crippen MR) is 68.7 cm³/mol. The van der Waals surface area contributed by atoms with Gasteiger partial charge in [-0.25, -0.2) is 0 Å². The second kappa shape index (κ2) is 6.50. The number of likely N-dealkylation sites (tertiary alicyclic amines) is 1. The van der Waals surface area contributed by atoms with Crippen LogP contribution in [0.25, 0.3) is 0 Å². The molecule has 2 aliphatic rings. The number of hydrogen-bond donors (Lipinski definition) is 1. The van der Waals surface area contributed by atoms with Gasteiger partial charge in [0.1, 0.15) is 0 Å². The fourth-order valence-corrected chi connectivity index (χ4v) is 3.07. The SMILES string of the molecule is CCC(CC(=O)O)N1CCC(N2CCOCC2)C1. The average molecular weight is 256 g/mol.